The molecular formula is C19H23F3N6O. The van der Waals surface area contributed by atoms with Crippen LogP contribution in [0.15, 0.2) is 18.3 Å². The number of carbonyl (C=O) groups excluding carboxylic acids is 1. The number of aromatic nitrogens is 4. The molecule has 2 aromatic heterocycles. The standard InChI is InChI=1S/C19H23F3N6O/c20-19(21,22)15-7-8-16(26-25-15)28-9-3-6-13(11-28)17-14(10-23-27-17)24-18(29)12-4-1-2-5-12/h7-8,10,12-13H,1-6,9,11H2,(H,23,27)(H,24,29)/t13-/m0/s1. The molecule has 29 heavy (non-hydrogen) atoms. The first-order chi connectivity index (χ1) is 13.9. The van der Waals surface area contributed by atoms with Crippen LogP contribution in [0.3, 0.4) is 0 Å². The summed E-state index contributed by atoms with van der Waals surface area (Å²) in [6.45, 7) is 1.25. The van der Waals surface area contributed by atoms with Crippen LogP contribution in [-0.2, 0) is 11.0 Å². The number of nitrogens with one attached hydrogen (secondary N) is 2. The van der Waals surface area contributed by atoms with Gasteiger partial charge in [-0.15, -0.1) is 10.2 Å². The SMILES string of the molecule is O=C(Nc1cn[nH]c1[C@H]1CCCN(c2ccc(C(F)(F)F)nn2)C1)C1CCCC1. The highest BCUT2D eigenvalue weighted by molar-refractivity contribution is 5.93. The van der Waals surface area contributed by atoms with Gasteiger partial charge in [0.15, 0.2) is 11.5 Å². The van der Waals surface area contributed by atoms with Gasteiger partial charge in [-0.05, 0) is 37.8 Å². The Morgan fingerprint density at radius 3 is 2.62 bits per heavy atom. The zero-order valence-electron chi connectivity index (χ0n) is 15.9. The minimum atomic E-state index is -4.50. The number of anilines is 2. The number of carbonyl (C=O) groups is 1. The second-order valence-electron chi connectivity index (χ2n) is 7.73. The average molecular weight is 408 g/mol. The Morgan fingerprint density at radius 2 is 1.93 bits per heavy atom. The molecule has 0 unspecified atom stereocenters. The number of alkyl halides is 3. The Bertz CT molecular complexity index is 844. The quantitative estimate of drug-likeness (QED) is 0.805. The summed E-state index contributed by atoms with van der Waals surface area (Å²) >= 11 is 0. The third-order valence-corrected chi connectivity index (χ3v) is 5.75. The molecule has 2 aliphatic rings. The van der Waals surface area contributed by atoms with Gasteiger partial charge in [0, 0.05) is 24.9 Å². The Labute approximate surface area is 166 Å². The molecule has 2 N–H and O–H groups in total. The van der Waals surface area contributed by atoms with Crippen molar-refractivity contribution in [3.05, 3.63) is 29.7 Å². The van der Waals surface area contributed by atoms with Crippen molar-refractivity contribution < 1.29 is 18.0 Å². The Hall–Kier alpha value is -2.65. The van der Waals surface area contributed by atoms with E-state index in [1.54, 1.807) is 6.20 Å². The van der Waals surface area contributed by atoms with Crippen molar-refractivity contribution in [2.45, 2.75) is 50.6 Å². The minimum Gasteiger partial charge on any atom is -0.354 e. The van der Waals surface area contributed by atoms with E-state index in [1.165, 1.54) is 6.07 Å². The van der Waals surface area contributed by atoms with Gasteiger partial charge in [-0.1, -0.05) is 12.8 Å². The van der Waals surface area contributed by atoms with Crippen LogP contribution in [0.4, 0.5) is 24.7 Å². The van der Waals surface area contributed by atoms with Gasteiger partial charge in [0.2, 0.25) is 5.91 Å². The smallest absolute Gasteiger partial charge is 0.354 e. The lowest BCUT2D eigenvalue weighted by atomic mass is 9.94. The van der Waals surface area contributed by atoms with Gasteiger partial charge in [0.25, 0.3) is 0 Å². The summed E-state index contributed by atoms with van der Waals surface area (Å²) in [6, 6.07) is 2.31. The second-order valence-corrected chi connectivity index (χ2v) is 7.73. The van der Waals surface area contributed by atoms with Crippen molar-refractivity contribution in [2.75, 3.05) is 23.3 Å². The molecule has 1 atom stereocenters. The number of nitrogens with zero attached hydrogens (tertiary/aromatic N) is 4. The number of hydrogen-bond acceptors (Lipinski definition) is 5. The van der Waals surface area contributed by atoms with Gasteiger partial charge >= 0.3 is 6.18 Å². The highest BCUT2D eigenvalue weighted by Crippen LogP contribution is 2.34. The van der Waals surface area contributed by atoms with Gasteiger partial charge in [0.05, 0.1) is 17.6 Å². The van der Waals surface area contributed by atoms with Crippen LogP contribution >= 0.6 is 0 Å². The van der Waals surface area contributed by atoms with Gasteiger partial charge in [-0.2, -0.15) is 18.3 Å². The molecule has 3 heterocycles. The van der Waals surface area contributed by atoms with Gasteiger partial charge in [-0.25, -0.2) is 0 Å². The van der Waals surface area contributed by atoms with Crippen LogP contribution in [0, 0.1) is 5.92 Å². The molecular weight excluding hydrogens is 385 g/mol. The number of hydrogen-bond donors (Lipinski definition) is 2. The summed E-state index contributed by atoms with van der Waals surface area (Å²) in [5.74, 6) is 0.572. The maximum atomic E-state index is 12.7. The lowest BCUT2D eigenvalue weighted by Gasteiger charge is -2.33. The first-order valence-electron chi connectivity index (χ1n) is 9.92. The van der Waals surface area contributed by atoms with Gasteiger partial charge in [0.1, 0.15) is 0 Å². The summed E-state index contributed by atoms with van der Waals surface area (Å²) in [4.78, 5) is 14.4. The lowest BCUT2D eigenvalue weighted by molar-refractivity contribution is -0.141. The summed E-state index contributed by atoms with van der Waals surface area (Å²) in [7, 11) is 0. The Balaban J connectivity index is 1.45. The first-order valence-corrected chi connectivity index (χ1v) is 9.92. The molecule has 2 fully saturated rings. The van der Waals surface area contributed by atoms with E-state index in [0.717, 1.165) is 50.3 Å². The molecule has 156 valence electrons. The van der Waals surface area contributed by atoms with E-state index in [2.05, 4.69) is 25.7 Å². The maximum Gasteiger partial charge on any atom is 0.435 e. The Kier molecular flexibility index (Phi) is 5.42. The fraction of sp³-hybridized carbons (Fsp3) is 0.579. The van der Waals surface area contributed by atoms with E-state index < -0.39 is 11.9 Å². The number of halogens is 3. The molecule has 1 aliphatic heterocycles. The fourth-order valence-electron chi connectivity index (χ4n) is 4.20. The van der Waals surface area contributed by atoms with Crippen LogP contribution in [0.5, 0.6) is 0 Å². The Morgan fingerprint density at radius 1 is 1.14 bits per heavy atom. The lowest BCUT2D eigenvalue weighted by Crippen LogP contribution is -2.35. The number of piperidine rings is 1. The predicted octanol–water partition coefficient (Wildman–Crippen LogP) is 3.73. The van der Waals surface area contributed by atoms with Crippen molar-refractivity contribution in [3.63, 3.8) is 0 Å². The van der Waals surface area contributed by atoms with Crippen LogP contribution in [-0.4, -0.2) is 39.4 Å². The summed E-state index contributed by atoms with van der Waals surface area (Å²) in [5, 5.41) is 17.2. The van der Waals surface area contributed by atoms with Crippen molar-refractivity contribution in [1.82, 2.24) is 20.4 Å². The average Bonchev–Trinajstić information content (AvgIpc) is 3.40. The highest BCUT2D eigenvalue weighted by Gasteiger charge is 2.33. The van der Waals surface area contributed by atoms with E-state index in [9.17, 15) is 18.0 Å². The monoisotopic (exact) mass is 408 g/mol. The van der Waals surface area contributed by atoms with E-state index in [0.29, 0.717) is 24.6 Å². The normalized spacial score (nSPS) is 20.8. The largest absolute Gasteiger partial charge is 0.435 e. The van der Waals surface area contributed by atoms with Gasteiger partial charge in [-0.3, -0.25) is 9.89 Å². The number of rotatable bonds is 4. The molecule has 0 spiro atoms. The predicted molar refractivity (Wildman–Crippen MR) is 100 cm³/mol. The third-order valence-electron chi connectivity index (χ3n) is 5.75. The minimum absolute atomic E-state index is 0.0337. The molecule has 1 saturated carbocycles. The zero-order valence-corrected chi connectivity index (χ0v) is 15.9. The van der Waals surface area contributed by atoms with Crippen LogP contribution in [0.2, 0.25) is 0 Å². The molecule has 0 aromatic carbocycles. The van der Waals surface area contributed by atoms with E-state index in [1.807, 2.05) is 4.90 Å². The van der Waals surface area contributed by atoms with Crippen molar-refractivity contribution in [1.29, 1.82) is 0 Å². The van der Waals surface area contributed by atoms with Crippen LogP contribution in [0.25, 0.3) is 0 Å². The third kappa shape index (κ3) is 4.35. The van der Waals surface area contributed by atoms with Crippen LogP contribution < -0.4 is 10.2 Å². The molecule has 10 heteroatoms. The molecule has 0 bridgehead atoms. The van der Waals surface area contributed by atoms with Crippen molar-refractivity contribution in [3.8, 4) is 0 Å². The molecule has 1 aliphatic carbocycles. The van der Waals surface area contributed by atoms with Crippen LogP contribution in [0.1, 0.15) is 55.8 Å². The second kappa shape index (κ2) is 8.00. The number of aromatic amines is 1. The number of H-pyrrole nitrogens is 1. The molecule has 1 saturated heterocycles. The topological polar surface area (TPSA) is 86.8 Å². The van der Waals surface area contributed by atoms with E-state index >= 15 is 0 Å². The molecule has 4 rings (SSSR count). The fourth-order valence-corrected chi connectivity index (χ4v) is 4.20. The zero-order chi connectivity index (χ0) is 20.4. The van der Waals surface area contributed by atoms with Gasteiger partial charge < -0.3 is 10.2 Å². The number of amides is 1. The first kappa shape index (κ1) is 19.7. The summed E-state index contributed by atoms with van der Waals surface area (Å²) < 4.78 is 38.1. The van der Waals surface area contributed by atoms with Crippen molar-refractivity contribution in [2.24, 2.45) is 5.92 Å². The summed E-state index contributed by atoms with van der Waals surface area (Å²) in [6.07, 6.45) is 2.87. The van der Waals surface area contributed by atoms with E-state index in [4.69, 9.17) is 0 Å². The molecule has 0 radical (unpaired) electrons. The van der Waals surface area contributed by atoms with Crippen molar-refractivity contribution >= 4 is 17.4 Å². The summed E-state index contributed by atoms with van der Waals surface area (Å²) in [5.41, 5.74) is 0.536. The molecule has 1 amide bonds. The molecule has 7 nitrogen and oxygen atoms in total. The molecule has 2 aromatic rings. The van der Waals surface area contributed by atoms with E-state index in [-0.39, 0.29) is 17.7 Å². The highest BCUT2D eigenvalue weighted by atomic mass is 19.4. The maximum absolute atomic E-state index is 12.7.